The summed E-state index contributed by atoms with van der Waals surface area (Å²) >= 11 is 0. The molecular formula is C18H18FNO5S. The van der Waals surface area contributed by atoms with Gasteiger partial charge in [-0.1, -0.05) is 19.1 Å². The molecule has 138 valence electrons. The monoisotopic (exact) mass is 379 g/mol. The number of sulfonamides is 1. The number of halogens is 1. The van der Waals surface area contributed by atoms with Gasteiger partial charge in [0.25, 0.3) is 0 Å². The molecule has 3 rings (SSSR count). The summed E-state index contributed by atoms with van der Waals surface area (Å²) in [4.78, 5) is 11.2. The normalized spacial score (nSPS) is 15.0. The minimum absolute atomic E-state index is 0.0227. The lowest BCUT2D eigenvalue weighted by Crippen LogP contribution is -2.33. The lowest BCUT2D eigenvalue weighted by atomic mass is 10.1. The predicted molar refractivity (Wildman–Crippen MR) is 92.3 cm³/mol. The number of hydrogen-bond donors (Lipinski definition) is 1. The number of benzene rings is 2. The van der Waals surface area contributed by atoms with Crippen LogP contribution in [0.3, 0.4) is 0 Å². The van der Waals surface area contributed by atoms with E-state index in [1.54, 1.807) is 6.92 Å². The molecule has 0 saturated carbocycles. The second-order valence-corrected chi connectivity index (χ2v) is 7.83. The number of ether oxygens (including phenoxy) is 1. The predicted octanol–water partition coefficient (Wildman–Crippen LogP) is 2.67. The molecule has 0 saturated heterocycles. The van der Waals surface area contributed by atoms with Crippen LogP contribution in [0.1, 0.15) is 28.4 Å². The number of nitrogens with zero attached hydrogens (tertiary/aromatic N) is 1. The summed E-state index contributed by atoms with van der Waals surface area (Å²) in [5, 5.41) is 9.19. The third-order valence-corrected chi connectivity index (χ3v) is 6.21. The van der Waals surface area contributed by atoms with Gasteiger partial charge in [0.1, 0.15) is 18.2 Å². The second kappa shape index (κ2) is 7.05. The maximum absolute atomic E-state index is 13.4. The molecule has 0 amide bonds. The molecule has 8 heteroatoms. The topological polar surface area (TPSA) is 83.9 Å². The van der Waals surface area contributed by atoms with Crippen LogP contribution in [-0.4, -0.2) is 37.0 Å². The van der Waals surface area contributed by atoms with E-state index in [-0.39, 0.29) is 30.2 Å². The van der Waals surface area contributed by atoms with Crippen LogP contribution >= 0.6 is 0 Å². The van der Waals surface area contributed by atoms with Crippen molar-refractivity contribution in [2.75, 3.05) is 13.2 Å². The quantitative estimate of drug-likeness (QED) is 0.883. The van der Waals surface area contributed by atoms with Crippen LogP contribution in [0, 0.1) is 5.82 Å². The first-order valence-electron chi connectivity index (χ1n) is 8.10. The number of aryl methyl sites for hydroxylation is 1. The third kappa shape index (κ3) is 3.42. The molecule has 0 atom stereocenters. The number of aromatic carboxylic acids is 1. The van der Waals surface area contributed by atoms with Crippen molar-refractivity contribution in [1.29, 1.82) is 0 Å². The molecule has 2 aromatic carbocycles. The number of carbonyl (C=O) groups is 1. The lowest BCUT2D eigenvalue weighted by Gasteiger charge is -2.21. The molecule has 0 spiro atoms. The molecule has 0 unspecified atom stereocenters. The zero-order chi connectivity index (χ0) is 18.9. The van der Waals surface area contributed by atoms with Crippen molar-refractivity contribution in [1.82, 2.24) is 4.31 Å². The summed E-state index contributed by atoms with van der Waals surface area (Å²) in [5.74, 6) is -1.33. The van der Waals surface area contributed by atoms with Crippen molar-refractivity contribution in [3.05, 3.63) is 58.9 Å². The Balaban J connectivity index is 2.04. The van der Waals surface area contributed by atoms with Crippen LogP contribution in [0.2, 0.25) is 0 Å². The van der Waals surface area contributed by atoms with Gasteiger partial charge in [0.2, 0.25) is 10.0 Å². The summed E-state index contributed by atoms with van der Waals surface area (Å²) in [5.41, 5.74) is 1.01. The van der Waals surface area contributed by atoms with Gasteiger partial charge in [-0.2, -0.15) is 4.31 Å². The Bertz CT molecular complexity index is 958. The zero-order valence-corrected chi connectivity index (χ0v) is 14.9. The number of hydrogen-bond acceptors (Lipinski definition) is 4. The highest BCUT2D eigenvalue weighted by Crippen LogP contribution is 2.29. The zero-order valence-electron chi connectivity index (χ0n) is 14.1. The molecule has 0 fully saturated rings. The van der Waals surface area contributed by atoms with E-state index >= 15 is 0 Å². The Morgan fingerprint density at radius 2 is 2.04 bits per heavy atom. The van der Waals surface area contributed by atoms with Gasteiger partial charge >= 0.3 is 5.97 Å². The Morgan fingerprint density at radius 3 is 2.73 bits per heavy atom. The third-order valence-electron chi connectivity index (χ3n) is 4.29. The SMILES string of the molecule is CCc1ccc(C(=O)O)cc1S(=O)(=O)N1CCOc2cc(F)ccc2C1. The second-order valence-electron chi connectivity index (χ2n) is 5.92. The number of rotatable bonds is 4. The van der Waals surface area contributed by atoms with Crippen molar-refractivity contribution < 1.29 is 27.4 Å². The molecule has 0 bridgehead atoms. The molecule has 1 N–H and O–H groups in total. The van der Waals surface area contributed by atoms with Gasteiger partial charge in [-0.25, -0.2) is 17.6 Å². The van der Waals surface area contributed by atoms with Crippen LogP contribution in [0.25, 0.3) is 0 Å². The van der Waals surface area contributed by atoms with Crippen molar-refractivity contribution in [3.63, 3.8) is 0 Å². The number of carboxylic acid groups (broad SMARTS) is 1. The van der Waals surface area contributed by atoms with E-state index in [0.717, 1.165) is 0 Å². The van der Waals surface area contributed by atoms with E-state index < -0.39 is 21.8 Å². The van der Waals surface area contributed by atoms with Crippen LogP contribution in [0.5, 0.6) is 5.75 Å². The van der Waals surface area contributed by atoms with Gasteiger partial charge in [-0.15, -0.1) is 0 Å². The van der Waals surface area contributed by atoms with Gasteiger partial charge in [0.05, 0.1) is 10.5 Å². The molecule has 1 aliphatic heterocycles. The molecule has 0 radical (unpaired) electrons. The Labute approximate surface area is 150 Å². The first-order valence-corrected chi connectivity index (χ1v) is 9.54. The highest BCUT2D eigenvalue weighted by molar-refractivity contribution is 7.89. The van der Waals surface area contributed by atoms with Crippen molar-refractivity contribution >= 4 is 16.0 Å². The molecule has 1 heterocycles. The molecule has 0 aliphatic carbocycles. The van der Waals surface area contributed by atoms with E-state index in [4.69, 9.17) is 4.74 Å². The standard InChI is InChI=1S/C18H18FNO5S/c1-2-12-3-4-13(18(21)22)9-17(12)26(23,24)20-7-8-25-16-10-15(19)6-5-14(16)11-20/h3-6,9-10H,2,7-8,11H2,1H3,(H,21,22). The van der Waals surface area contributed by atoms with E-state index in [1.807, 2.05) is 0 Å². The van der Waals surface area contributed by atoms with Crippen molar-refractivity contribution in [2.45, 2.75) is 24.8 Å². The summed E-state index contributed by atoms with van der Waals surface area (Å²) in [6.07, 6.45) is 0.445. The molecular weight excluding hydrogens is 361 g/mol. The van der Waals surface area contributed by atoms with Crippen LogP contribution in [0.15, 0.2) is 41.3 Å². The van der Waals surface area contributed by atoms with Crippen LogP contribution < -0.4 is 4.74 Å². The van der Waals surface area contributed by atoms with E-state index in [9.17, 15) is 22.7 Å². The lowest BCUT2D eigenvalue weighted by molar-refractivity contribution is 0.0696. The molecule has 6 nitrogen and oxygen atoms in total. The Kier molecular flexibility index (Phi) is 4.97. The van der Waals surface area contributed by atoms with Crippen molar-refractivity contribution in [2.24, 2.45) is 0 Å². The smallest absolute Gasteiger partial charge is 0.335 e. The number of fused-ring (bicyclic) bond motifs is 1. The summed E-state index contributed by atoms with van der Waals surface area (Å²) in [6, 6.07) is 8.08. The van der Waals surface area contributed by atoms with Crippen molar-refractivity contribution in [3.8, 4) is 5.75 Å². The fourth-order valence-corrected chi connectivity index (χ4v) is 4.61. The van der Waals surface area contributed by atoms with Crippen LogP contribution in [-0.2, 0) is 23.0 Å². The fourth-order valence-electron chi connectivity index (χ4n) is 2.88. The first-order chi connectivity index (χ1) is 12.3. The fraction of sp³-hybridized carbons (Fsp3) is 0.278. The van der Waals surface area contributed by atoms with E-state index in [2.05, 4.69) is 0 Å². The van der Waals surface area contributed by atoms with Gasteiger partial charge in [0.15, 0.2) is 0 Å². The first kappa shape index (κ1) is 18.3. The van der Waals surface area contributed by atoms with Crippen LogP contribution in [0.4, 0.5) is 4.39 Å². The van der Waals surface area contributed by atoms with E-state index in [0.29, 0.717) is 23.3 Å². The molecule has 0 aromatic heterocycles. The highest BCUT2D eigenvalue weighted by Gasteiger charge is 2.30. The summed E-state index contributed by atoms with van der Waals surface area (Å²) in [6.45, 7) is 1.99. The van der Waals surface area contributed by atoms with Gasteiger partial charge in [-0.05, 0) is 30.2 Å². The maximum atomic E-state index is 13.4. The average molecular weight is 379 g/mol. The Hall–Kier alpha value is -2.45. The minimum atomic E-state index is -3.94. The largest absolute Gasteiger partial charge is 0.492 e. The maximum Gasteiger partial charge on any atom is 0.335 e. The van der Waals surface area contributed by atoms with E-state index in [1.165, 1.54) is 40.7 Å². The molecule has 2 aromatic rings. The molecule has 1 aliphatic rings. The minimum Gasteiger partial charge on any atom is -0.492 e. The molecule has 26 heavy (non-hydrogen) atoms. The summed E-state index contributed by atoms with van der Waals surface area (Å²) in [7, 11) is -3.94. The Morgan fingerprint density at radius 1 is 1.27 bits per heavy atom. The summed E-state index contributed by atoms with van der Waals surface area (Å²) < 4.78 is 46.4. The van der Waals surface area contributed by atoms with Gasteiger partial charge < -0.3 is 9.84 Å². The van der Waals surface area contributed by atoms with Gasteiger partial charge in [-0.3, -0.25) is 0 Å². The average Bonchev–Trinajstić information content (AvgIpc) is 2.83. The number of carboxylic acids is 1. The highest BCUT2D eigenvalue weighted by atomic mass is 32.2. The van der Waals surface area contributed by atoms with Gasteiger partial charge in [0, 0.05) is 24.7 Å².